The molecule has 0 radical (unpaired) electrons. The average Bonchev–Trinajstić information content (AvgIpc) is 2.88. The van der Waals surface area contributed by atoms with Crippen LogP contribution >= 0.6 is 15.9 Å². The Labute approximate surface area is 124 Å². The number of rotatable bonds is 3. The topological polar surface area (TPSA) is 48.7 Å². The monoisotopic (exact) mass is 333 g/mol. The number of nitrogens with zero attached hydrogens (tertiary/aromatic N) is 3. The maximum atomic E-state index is 5.41. The van der Waals surface area contributed by atoms with Gasteiger partial charge in [0.1, 0.15) is 17.1 Å². The molecule has 5 nitrogen and oxygen atoms in total. The third-order valence-electron chi connectivity index (χ3n) is 3.02. The smallest absolute Gasteiger partial charge is 0.175 e. The van der Waals surface area contributed by atoms with Crippen LogP contribution in [0.3, 0.4) is 0 Å². The molecule has 0 N–H and O–H groups in total. The molecule has 3 rings (SSSR count). The van der Waals surface area contributed by atoms with Crippen molar-refractivity contribution in [1.29, 1.82) is 0 Å². The molecule has 0 spiro atoms. The van der Waals surface area contributed by atoms with Gasteiger partial charge in [0.2, 0.25) is 0 Å². The molecule has 0 saturated heterocycles. The Morgan fingerprint density at radius 3 is 2.40 bits per heavy atom. The van der Waals surface area contributed by atoms with E-state index in [-0.39, 0.29) is 0 Å². The first-order chi connectivity index (χ1) is 9.74. The summed E-state index contributed by atoms with van der Waals surface area (Å²) in [5.41, 5.74) is 1.54. The summed E-state index contributed by atoms with van der Waals surface area (Å²) < 4.78 is 13.7. The zero-order valence-corrected chi connectivity index (χ0v) is 12.6. The lowest BCUT2D eigenvalue weighted by Gasteiger charge is -2.11. The number of aromatic nitrogens is 3. The van der Waals surface area contributed by atoms with Crippen LogP contribution in [0.2, 0.25) is 0 Å². The maximum Gasteiger partial charge on any atom is 0.175 e. The van der Waals surface area contributed by atoms with E-state index < -0.39 is 0 Å². The maximum absolute atomic E-state index is 5.41. The first-order valence-corrected chi connectivity index (χ1v) is 6.75. The molecule has 0 aliphatic heterocycles. The lowest BCUT2D eigenvalue weighted by molar-refractivity contribution is 0.396. The molecule has 0 atom stereocenters. The zero-order chi connectivity index (χ0) is 14.1. The number of methoxy groups -OCH3 is 2. The molecule has 0 aliphatic carbocycles. The van der Waals surface area contributed by atoms with Crippen LogP contribution in [0.1, 0.15) is 0 Å². The van der Waals surface area contributed by atoms with Gasteiger partial charge in [0.15, 0.2) is 11.5 Å². The van der Waals surface area contributed by atoms with Gasteiger partial charge in [-0.05, 0) is 24.3 Å². The van der Waals surface area contributed by atoms with E-state index in [4.69, 9.17) is 9.47 Å². The van der Waals surface area contributed by atoms with Crippen molar-refractivity contribution >= 4 is 21.6 Å². The molecule has 3 aromatic rings. The number of hydrogen-bond acceptors (Lipinski definition) is 4. The van der Waals surface area contributed by atoms with E-state index in [1.54, 1.807) is 14.2 Å². The highest BCUT2D eigenvalue weighted by atomic mass is 79.9. The summed E-state index contributed by atoms with van der Waals surface area (Å²) in [6.45, 7) is 0. The molecule has 0 aliphatic rings. The summed E-state index contributed by atoms with van der Waals surface area (Å²) in [6.07, 6.45) is 1.90. The number of fused-ring (bicyclic) bond motifs is 1. The Bertz CT molecular complexity index is 748. The van der Waals surface area contributed by atoms with Crippen LogP contribution in [0.5, 0.6) is 11.5 Å². The van der Waals surface area contributed by atoms with E-state index in [9.17, 15) is 0 Å². The fourth-order valence-electron chi connectivity index (χ4n) is 2.11. The van der Waals surface area contributed by atoms with Gasteiger partial charge in [-0.3, -0.25) is 4.40 Å². The van der Waals surface area contributed by atoms with Crippen LogP contribution in [-0.2, 0) is 0 Å². The molecule has 0 saturated carbocycles. The SMILES string of the molecule is COc1cccc(OC)c1-c1nnc2cc(Br)ccn12. The Balaban J connectivity index is 2.30. The van der Waals surface area contributed by atoms with Crippen molar-refractivity contribution in [3.05, 3.63) is 41.0 Å². The van der Waals surface area contributed by atoms with Gasteiger partial charge in [-0.15, -0.1) is 10.2 Å². The summed E-state index contributed by atoms with van der Waals surface area (Å²) in [5.74, 6) is 2.07. The normalized spacial score (nSPS) is 10.8. The van der Waals surface area contributed by atoms with Gasteiger partial charge in [0.25, 0.3) is 0 Å². The lowest BCUT2D eigenvalue weighted by atomic mass is 10.1. The quantitative estimate of drug-likeness (QED) is 0.738. The van der Waals surface area contributed by atoms with Crippen LogP contribution in [0, 0.1) is 0 Å². The molecule has 1 aromatic carbocycles. The minimum Gasteiger partial charge on any atom is -0.496 e. The second kappa shape index (κ2) is 5.13. The van der Waals surface area contributed by atoms with Crippen molar-refractivity contribution in [1.82, 2.24) is 14.6 Å². The molecule has 102 valence electrons. The van der Waals surface area contributed by atoms with Crippen molar-refractivity contribution in [3.8, 4) is 22.9 Å². The first kappa shape index (κ1) is 12.9. The highest BCUT2D eigenvalue weighted by Gasteiger charge is 2.18. The molecular formula is C14H12BrN3O2. The molecule has 0 fully saturated rings. The number of hydrogen-bond donors (Lipinski definition) is 0. The van der Waals surface area contributed by atoms with E-state index >= 15 is 0 Å². The Kier molecular flexibility index (Phi) is 3.31. The Morgan fingerprint density at radius 1 is 1.05 bits per heavy atom. The van der Waals surface area contributed by atoms with Crippen molar-refractivity contribution in [2.24, 2.45) is 0 Å². The minimum atomic E-state index is 0.682. The number of ether oxygens (including phenoxy) is 2. The van der Waals surface area contributed by atoms with E-state index in [2.05, 4.69) is 26.1 Å². The van der Waals surface area contributed by atoms with Crippen molar-refractivity contribution in [2.45, 2.75) is 0 Å². The largest absolute Gasteiger partial charge is 0.496 e. The van der Waals surface area contributed by atoms with Gasteiger partial charge in [-0.2, -0.15) is 0 Å². The summed E-state index contributed by atoms with van der Waals surface area (Å²) in [6, 6.07) is 9.46. The number of benzene rings is 1. The molecule has 2 aromatic heterocycles. The summed E-state index contributed by atoms with van der Waals surface area (Å²) in [4.78, 5) is 0. The van der Waals surface area contributed by atoms with Crippen LogP contribution in [-0.4, -0.2) is 28.8 Å². The number of pyridine rings is 1. The van der Waals surface area contributed by atoms with Gasteiger partial charge < -0.3 is 9.47 Å². The van der Waals surface area contributed by atoms with E-state index in [1.807, 2.05) is 40.9 Å². The van der Waals surface area contributed by atoms with E-state index in [1.165, 1.54) is 0 Å². The van der Waals surface area contributed by atoms with Crippen LogP contribution in [0.15, 0.2) is 41.0 Å². The molecule has 6 heteroatoms. The van der Waals surface area contributed by atoms with Gasteiger partial charge in [-0.25, -0.2) is 0 Å². The predicted molar refractivity (Wildman–Crippen MR) is 79.2 cm³/mol. The molecule has 0 amide bonds. The molecule has 2 heterocycles. The third-order valence-corrected chi connectivity index (χ3v) is 3.52. The molecule has 0 unspecified atom stereocenters. The van der Waals surface area contributed by atoms with Gasteiger partial charge in [0.05, 0.1) is 14.2 Å². The van der Waals surface area contributed by atoms with Gasteiger partial charge >= 0.3 is 0 Å². The van der Waals surface area contributed by atoms with E-state index in [0.717, 1.165) is 15.7 Å². The summed E-state index contributed by atoms with van der Waals surface area (Å²) in [5, 5.41) is 8.43. The average molecular weight is 334 g/mol. The standard InChI is InChI=1S/C14H12BrN3O2/c1-19-10-4-3-5-11(20-2)13(10)14-17-16-12-8-9(15)6-7-18(12)14/h3-8H,1-2H3. The number of halogens is 1. The summed E-state index contributed by atoms with van der Waals surface area (Å²) in [7, 11) is 3.25. The fourth-order valence-corrected chi connectivity index (χ4v) is 2.43. The minimum absolute atomic E-state index is 0.682. The first-order valence-electron chi connectivity index (χ1n) is 5.96. The van der Waals surface area contributed by atoms with Crippen molar-refractivity contribution in [2.75, 3.05) is 14.2 Å². The van der Waals surface area contributed by atoms with Crippen LogP contribution in [0.4, 0.5) is 0 Å². The predicted octanol–water partition coefficient (Wildman–Crippen LogP) is 3.18. The van der Waals surface area contributed by atoms with Crippen LogP contribution < -0.4 is 9.47 Å². The fraction of sp³-hybridized carbons (Fsp3) is 0.143. The molecule has 0 bridgehead atoms. The molecular weight excluding hydrogens is 322 g/mol. The second-order valence-corrected chi connectivity index (χ2v) is 5.05. The molecule has 20 heavy (non-hydrogen) atoms. The summed E-state index contributed by atoms with van der Waals surface area (Å²) >= 11 is 3.42. The van der Waals surface area contributed by atoms with E-state index in [0.29, 0.717) is 17.3 Å². The lowest BCUT2D eigenvalue weighted by Crippen LogP contribution is -1.96. The second-order valence-electron chi connectivity index (χ2n) is 4.13. The van der Waals surface area contributed by atoms with Gasteiger partial charge in [0, 0.05) is 10.7 Å². The van der Waals surface area contributed by atoms with Crippen molar-refractivity contribution < 1.29 is 9.47 Å². The highest BCUT2D eigenvalue weighted by molar-refractivity contribution is 9.10. The highest BCUT2D eigenvalue weighted by Crippen LogP contribution is 2.37. The van der Waals surface area contributed by atoms with Crippen molar-refractivity contribution in [3.63, 3.8) is 0 Å². The van der Waals surface area contributed by atoms with Crippen LogP contribution in [0.25, 0.3) is 17.0 Å². The Hall–Kier alpha value is -2.08. The zero-order valence-electron chi connectivity index (χ0n) is 11.0. The van der Waals surface area contributed by atoms with Gasteiger partial charge in [-0.1, -0.05) is 22.0 Å². The third kappa shape index (κ3) is 2.02. The Morgan fingerprint density at radius 2 is 1.75 bits per heavy atom.